The minimum atomic E-state index is -0.599. The van der Waals surface area contributed by atoms with E-state index in [4.69, 9.17) is 25.8 Å². The second kappa shape index (κ2) is 12.0. The summed E-state index contributed by atoms with van der Waals surface area (Å²) in [5.74, 6) is -1.28. The monoisotopic (exact) mass is 532 g/mol. The molecule has 2 aromatic carbocycles. The number of anilines is 1. The normalized spacial score (nSPS) is 14.2. The summed E-state index contributed by atoms with van der Waals surface area (Å²) in [6, 6.07) is 8.61. The van der Waals surface area contributed by atoms with Gasteiger partial charge >= 0.3 is 5.97 Å². The average Bonchev–Trinajstić information content (AvgIpc) is 3.07. The number of nitrogens with zero attached hydrogens (tertiary/aromatic N) is 1. The molecule has 1 heterocycles. The number of carbonyl (C=O) groups is 4. The topological polar surface area (TPSA) is 111 Å². The number of hydrogen-bond acceptors (Lipinski definition) is 8. The first-order valence-corrected chi connectivity index (χ1v) is 12.1. The van der Waals surface area contributed by atoms with Gasteiger partial charge in [0.25, 0.3) is 11.1 Å². The number of halogens is 1. The molecule has 0 bridgehead atoms. The van der Waals surface area contributed by atoms with Gasteiger partial charge in [0.05, 0.1) is 23.6 Å². The molecule has 0 saturated carbocycles. The molecular weight excluding hydrogens is 508 g/mol. The zero-order valence-corrected chi connectivity index (χ0v) is 21.7. The predicted molar refractivity (Wildman–Crippen MR) is 137 cm³/mol. The third-order valence-electron chi connectivity index (χ3n) is 5.02. The molecule has 190 valence electrons. The van der Waals surface area contributed by atoms with E-state index in [1.165, 1.54) is 19.3 Å². The van der Waals surface area contributed by atoms with Crippen LogP contribution in [0.4, 0.5) is 10.5 Å². The van der Waals surface area contributed by atoms with Crippen LogP contribution in [-0.2, 0) is 19.1 Å². The van der Waals surface area contributed by atoms with E-state index in [1.807, 2.05) is 26.0 Å². The second-order valence-electron chi connectivity index (χ2n) is 7.76. The SMILES string of the molecule is CCOC(=O)COc1c(Cl)cc(/C=C2\SC(=O)N(CC(=O)Nc3ccc(C)cc3C)C2=O)cc1OC. The molecule has 11 heteroatoms. The molecule has 0 radical (unpaired) electrons. The maximum atomic E-state index is 12.9. The minimum absolute atomic E-state index is 0.123. The summed E-state index contributed by atoms with van der Waals surface area (Å²) >= 11 is 7.03. The number of benzene rings is 2. The van der Waals surface area contributed by atoms with E-state index in [-0.39, 0.29) is 34.6 Å². The summed E-state index contributed by atoms with van der Waals surface area (Å²) in [6.45, 7) is 4.93. The number of esters is 1. The summed E-state index contributed by atoms with van der Waals surface area (Å²) < 4.78 is 15.6. The number of nitrogens with one attached hydrogen (secondary N) is 1. The van der Waals surface area contributed by atoms with Gasteiger partial charge in [-0.3, -0.25) is 19.3 Å². The van der Waals surface area contributed by atoms with Crippen LogP contribution in [0.15, 0.2) is 35.2 Å². The molecule has 36 heavy (non-hydrogen) atoms. The van der Waals surface area contributed by atoms with Gasteiger partial charge in [-0.2, -0.15) is 0 Å². The average molecular weight is 533 g/mol. The van der Waals surface area contributed by atoms with E-state index in [1.54, 1.807) is 19.1 Å². The molecular formula is C25H25ClN2O7S. The van der Waals surface area contributed by atoms with Crippen molar-refractivity contribution in [3.8, 4) is 11.5 Å². The number of hydrogen-bond donors (Lipinski definition) is 1. The minimum Gasteiger partial charge on any atom is -0.493 e. The Hall–Kier alpha value is -3.50. The standard InChI is InChI=1S/C25H25ClN2O7S/c1-5-34-22(30)13-35-23-17(26)9-16(10-19(23)33-4)11-20-24(31)28(25(32)36-20)12-21(29)27-18-7-6-14(2)8-15(18)3/h6-11H,5,12-13H2,1-4H3,(H,27,29)/b20-11-. The Morgan fingerprint density at radius 1 is 1.17 bits per heavy atom. The molecule has 3 rings (SSSR count). The molecule has 2 aromatic rings. The van der Waals surface area contributed by atoms with Crippen LogP contribution in [0.1, 0.15) is 23.6 Å². The molecule has 1 N–H and O–H groups in total. The van der Waals surface area contributed by atoms with Gasteiger partial charge in [0.15, 0.2) is 18.1 Å². The van der Waals surface area contributed by atoms with E-state index >= 15 is 0 Å². The maximum absolute atomic E-state index is 12.9. The van der Waals surface area contributed by atoms with Crippen LogP contribution in [0.3, 0.4) is 0 Å². The largest absolute Gasteiger partial charge is 0.493 e. The van der Waals surface area contributed by atoms with Crippen LogP contribution in [-0.4, -0.2) is 54.8 Å². The summed E-state index contributed by atoms with van der Waals surface area (Å²) in [5, 5.41) is 2.31. The van der Waals surface area contributed by atoms with Crippen LogP contribution in [0.5, 0.6) is 11.5 Å². The van der Waals surface area contributed by atoms with Crippen molar-refractivity contribution in [1.82, 2.24) is 4.90 Å². The first kappa shape index (κ1) is 27.1. The smallest absolute Gasteiger partial charge is 0.344 e. The van der Waals surface area contributed by atoms with E-state index in [2.05, 4.69) is 5.32 Å². The van der Waals surface area contributed by atoms with Crippen molar-refractivity contribution in [3.63, 3.8) is 0 Å². The molecule has 9 nitrogen and oxygen atoms in total. The molecule has 0 aliphatic carbocycles. The lowest BCUT2D eigenvalue weighted by molar-refractivity contribution is -0.145. The van der Waals surface area contributed by atoms with Gasteiger partial charge in [-0.15, -0.1) is 0 Å². The number of imide groups is 1. The van der Waals surface area contributed by atoms with Crippen LogP contribution in [0.2, 0.25) is 5.02 Å². The van der Waals surface area contributed by atoms with Gasteiger partial charge < -0.3 is 19.5 Å². The Morgan fingerprint density at radius 2 is 1.92 bits per heavy atom. The number of amides is 3. The molecule has 3 amide bonds. The molecule has 1 aliphatic rings. The van der Waals surface area contributed by atoms with Crippen molar-refractivity contribution in [3.05, 3.63) is 56.9 Å². The lowest BCUT2D eigenvalue weighted by atomic mass is 10.1. The van der Waals surface area contributed by atoms with Gasteiger partial charge in [0.2, 0.25) is 5.91 Å². The molecule has 1 aliphatic heterocycles. The van der Waals surface area contributed by atoms with E-state index in [9.17, 15) is 19.2 Å². The van der Waals surface area contributed by atoms with Crippen molar-refractivity contribution in [1.29, 1.82) is 0 Å². The molecule has 1 saturated heterocycles. The fourth-order valence-corrected chi connectivity index (χ4v) is 4.48. The maximum Gasteiger partial charge on any atom is 0.344 e. The van der Waals surface area contributed by atoms with Crippen LogP contribution in [0, 0.1) is 13.8 Å². The Kier molecular flexibility index (Phi) is 9.00. The van der Waals surface area contributed by atoms with Gasteiger partial charge in [0.1, 0.15) is 6.54 Å². The highest BCUT2D eigenvalue weighted by atomic mass is 35.5. The number of aryl methyl sites for hydroxylation is 2. The van der Waals surface area contributed by atoms with Crippen molar-refractivity contribution in [2.45, 2.75) is 20.8 Å². The highest BCUT2D eigenvalue weighted by Gasteiger charge is 2.36. The fraction of sp³-hybridized carbons (Fsp3) is 0.280. The Balaban J connectivity index is 1.73. The second-order valence-corrected chi connectivity index (χ2v) is 9.16. The zero-order chi connectivity index (χ0) is 26.4. The van der Waals surface area contributed by atoms with E-state index in [0.29, 0.717) is 23.0 Å². The van der Waals surface area contributed by atoms with Crippen molar-refractivity contribution < 1.29 is 33.4 Å². The van der Waals surface area contributed by atoms with E-state index in [0.717, 1.165) is 16.0 Å². The Labute approximate surface area is 217 Å². The summed E-state index contributed by atoms with van der Waals surface area (Å²) in [4.78, 5) is 50.4. The number of carbonyl (C=O) groups excluding carboxylic acids is 4. The van der Waals surface area contributed by atoms with E-state index < -0.39 is 29.6 Å². The highest BCUT2D eigenvalue weighted by Crippen LogP contribution is 2.39. The molecule has 1 fully saturated rings. The molecule has 0 unspecified atom stereocenters. The number of methoxy groups -OCH3 is 1. The van der Waals surface area contributed by atoms with Gasteiger partial charge in [0, 0.05) is 5.69 Å². The number of thioether (sulfide) groups is 1. The lowest BCUT2D eigenvalue weighted by Gasteiger charge is -2.14. The number of rotatable bonds is 9. The summed E-state index contributed by atoms with van der Waals surface area (Å²) in [7, 11) is 1.40. The van der Waals surface area contributed by atoms with Crippen LogP contribution in [0.25, 0.3) is 6.08 Å². The van der Waals surface area contributed by atoms with Gasteiger partial charge in [-0.05, 0) is 67.9 Å². The van der Waals surface area contributed by atoms with Gasteiger partial charge in [-0.1, -0.05) is 29.3 Å². The van der Waals surface area contributed by atoms with Crippen molar-refractivity contribution in [2.75, 3.05) is 32.2 Å². The third-order valence-corrected chi connectivity index (χ3v) is 6.21. The highest BCUT2D eigenvalue weighted by molar-refractivity contribution is 8.18. The van der Waals surface area contributed by atoms with Crippen molar-refractivity contribution in [2.24, 2.45) is 0 Å². The Morgan fingerprint density at radius 3 is 2.58 bits per heavy atom. The van der Waals surface area contributed by atoms with Crippen molar-refractivity contribution >= 4 is 58.1 Å². The molecule has 0 atom stereocenters. The zero-order valence-electron chi connectivity index (χ0n) is 20.2. The quantitative estimate of drug-likeness (QED) is 0.369. The fourth-order valence-electron chi connectivity index (χ4n) is 3.37. The summed E-state index contributed by atoms with van der Waals surface area (Å²) in [5.41, 5.74) is 3.00. The van der Waals surface area contributed by atoms with Crippen LogP contribution >= 0.6 is 23.4 Å². The predicted octanol–water partition coefficient (Wildman–Crippen LogP) is 4.58. The molecule has 0 spiro atoms. The number of ether oxygens (including phenoxy) is 3. The first-order chi connectivity index (χ1) is 17.1. The lowest BCUT2D eigenvalue weighted by Crippen LogP contribution is -2.36. The third kappa shape index (κ3) is 6.58. The summed E-state index contributed by atoms with van der Waals surface area (Å²) in [6.07, 6.45) is 1.47. The first-order valence-electron chi connectivity index (χ1n) is 10.9. The van der Waals surface area contributed by atoms with Gasteiger partial charge in [-0.25, -0.2) is 4.79 Å². The molecule has 0 aromatic heterocycles. The van der Waals surface area contributed by atoms with Crippen LogP contribution < -0.4 is 14.8 Å². The Bertz CT molecular complexity index is 1250.